The summed E-state index contributed by atoms with van der Waals surface area (Å²) < 4.78 is 22.2. The van der Waals surface area contributed by atoms with Crippen molar-refractivity contribution in [1.29, 1.82) is 0 Å². The largest absolute Gasteiger partial charge is 0.390 e. The van der Waals surface area contributed by atoms with E-state index in [1.165, 1.54) is 12.7 Å². The molecule has 0 heterocycles. The summed E-state index contributed by atoms with van der Waals surface area (Å²) in [6, 6.07) is 0. The Kier molecular flexibility index (Phi) is 4.18. The normalized spacial score (nSPS) is 32.9. The van der Waals surface area contributed by atoms with Crippen LogP contribution in [0.4, 0.5) is 0 Å². The zero-order valence-corrected chi connectivity index (χ0v) is 10.5. The van der Waals surface area contributed by atoms with Crippen molar-refractivity contribution in [3.8, 4) is 0 Å². The Hall–Kier alpha value is -0.0900. The maximum atomic E-state index is 11.1. The highest BCUT2D eigenvalue weighted by atomic mass is 32.2. The molecule has 1 N–H and O–H groups in total. The van der Waals surface area contributed by atoms with E-state index in [4.69, 9.17) is 0 Å². The van der Waals surface area contributed by atoms with Crippen LogP contribution in [0.2, 0.25) is 0 Å². The van der Waals surface area contributed by atoms with Gasteiger partial charge in [-0.3, -0.25) is 0 Å². The van der Waals surface area contributed by atoms with E-state index in [9.17, 15) is 13.5 Å². The average molecular weight is 234 g/mol. The number of rotatable bonds is 4. The fraction of sp³-hybridized carbons (Fsp3) is 1.00. The molecular formula is C11H22O3S. The number of hydrogen-bond acceptors (Lipinski definition) is 3. The molecule has 90 valence electrons. The molecule has 2 atom stereocenters. The van der Waals surface area contributed by atoms with Crippen molar-refractivity contribution in [2.75, 3.05) is 12.0 Å². The van der Waals surface area contributed by atoms with E-state index in [-0.39, 0.29) is 11.7 Å². The van der Waals surface area contributed by atoms with Gasteiger partial charge in [-0.05, 0) is 25.2 Å². The first kappa shape index (κ1) is 13.0. The Morgan fingerprint density at radius 3 is 2.60 bits per heavy atom. The number of sulfone groups is 1. The van der Waals surface area contributed by atoms with Crippen molar-refractivity contribution in [2.45, 2.75) is 51.0 Å². The topological polar surface area (TPSA) is 54.4 Å². The highest BCUT2D eigenvalue weighted by Crippen LogP contribution is 2.38. The van der Waals surface area contributed by atoms with Gasteiger partial charge in [0.1, 0.15) is 9.84 Å². The van der Waals surface area contributed by atoms with Gasteiger partial charge in [0.2, 0.25) is 0 Å². The Bertz CT molecular complexity index is 297. The van der Waals surface area contributed by atoms with Gasteiger partial charge in [-0.15, -0.1) is 0 Å². The zero-order valence-electron chi connectivity index (χ0n) is 9.70. The molecule has 0 saturated heterocycles. The van der Waals surface area contributed by atoms with Crippen LogP contribution in [0.5, 0.6) is 0 Å². The smallest absolute Gasteiger partial charge is 0.147 e. The molecule has 3 nitrogen and oxygen atoms in total. The minimum absolute atomic E-state index is 0.111. The predicted molar refractivity (Wildman–Crippen MR) is 61.5 cm³/mol. The maximum absolute atomic E-state index is 11.1. The Labute approximate surface area is 92.8 Å². The monoisotopic (exact) mass is 234 g/mol. The molecule has 15 heavy (non-hydrogen) atoms. The minimum atomic E-state index is -2.95. The number of aliphatic hydroxyl groups is 1. The summed E-state index contributed by atoms with van der Waals surface area (Å²) in [5, 5.41) is 10.4. The summed E-state index contributed by atoms with van der Waals surface area (Å²) in [5.41, 5.74) is -0.726. The quantitative estimate of drug-likeness (QED) is 0.806. The lowest BCUT2D eigenvalue weighted by atomic mass is 9.73. The van der Waals surface area contributed by atoms with Crippen LogP contribution < -0.4 is 0 Å². The second-order valence-electron chi connectivity index (χ2n) is 4.83. The van der Waals surface area contributed by atoms with E-state index in [1.807, 2.05) is 0 Å². The molecule has 0 amide bonds. The average Bonchev–Trinajstić information content (AvgIpc) is 2.15. The van der Waals surface area contributed by atoms with Crippen molar-refractivity contribution in [3.63, 3.8) is 0 Å². The van der Waals surface area contributed by atoms with Gasteiger partial charge in [0, 0.05) is 6.26 Å². The van der Waals surface area contributed by atoms with Gasteiger partial charge in [-0.2, -0.15) is 0 Å². The van der Waals surface area contributed by atoms with E-state index in [2.05, 4.69) is 6.92 Å². The van der Waals surface area contributed by atoms with E-state index in [0.717, 1.165) is 25.7 Å². The van der Waals surface area contributed by atoms with Crippen molar-refractivity contribution >= 4 is 9.84 Å². The highest BCUT2D eigenvalue weighted by molar-refractivity contribution is 7.90. The first-order valence-corrected chi connectivity index (χ1v) is 7.83. The summed E-state index contributed by atoms with van der Waals surface area (Å²) >= 11 is 0. The summed E-state index contributed by atoms with van der Waals surface area (Å²) in [4.78, 5) is 0. The van der Waals surface area contributed by atoms with Crippen LogP contribution in [-0.2, 0) is 9.84 Å². The van der Waals surface area contributed by atoms with E-state index in [1.54, 1.807) is 0 Å². The van der Waals surface area contributed by atoms with Crippen LogP contribution >= 0.6 is 0 Å². The van der Waals surface area contributed by atoms with Crippen molar-refractivity contribution in [1.82, 2.24) is 0 Å². The van der Waals surface area contributed by atoms with E-state index in [0.29, 0.717) is 6.42 Å². The van der Waals surface area contributed by atoms with Crippen LogP contribution in [-0.4, -0.2) is 31.1 Å². The second-order valence-corrected chi connectivity index (χ2v) is 7.09. The lowest BCUT2D eigenvalue weighted by Crippen LogP contribution is -2.41. The molecule has 0 radical (unpaired) electrons. The molecule has 2 unspecified atom stereocenters. The fourth-order valence-electron chi connectivity index (χ4n) is 2.57. The third-order valence-corrected chi connectivity index (χ3v) is 4.52. The van der Waals surface area contributed by atoms with Gasteiger partial charge in [0.25, 0.3) is 0 Å². The van der Waals surface area contributed by atoms with Crippen LogP contribution in [0, 0.1) is 5.92 Å². The molecule has 0 aliphatic heterocycles. The van der Waals surface area contributed by atoms with Crippen molar-refractivity contribution in [3.05, 3.63) is 0 Å². The van der Waals surface area contributed by atoms with E-state index >= 15 is 0 Å². The molecule has 0 spiro atoms. The first-order chi connectivity index (χ1) is 6.87. The van der Waals surface area contributed by atoms with E-state index < -0.39 is 15.4 Å². The molecule has 0 aromatic rings. The molecular weight excluding hydrogens is 212 g/mol. The summed E-state index contributed by atoms with van der Waals surface area (Å²) in [7, 11) is -2.95. The molecule has 1 saturated carbocycles. The summed E-state index contributed by atoms with van der Waals surface area (Å²) in [6.45, 7) is 2.07. The lowest BCUT2D eigenvalue weighted by Gasteiger charge is -2.39. The van der Waals surface area contributed by atoms with Gasteiger partial charge in [0.15, 0.2) is 0 Å². The molecule has 1 fully saturated rings. The Morgan fingerprint density at radius 2 is 2.07 bits per heavy atom. The van der Waals surface area contributed by atoms with Gasteiger partial charge < -0.3 is 5.11 Å². The predicted octanol–water partition coefficient (Wildman–Crippen LogP) is 1.75. The highest BCUT2D eigenvalue weighted by Gasteiger charge is 2.37. The molecule has 0 aromatic carbocycles. The third kappa shape index (κ3) is 3.76. The lowest BCUT2D eigenvalue weighted by molar-refractivity contribution is -0.0518. The van der Waals surface area contributed by atoms with Crippen LogP contribution in [0.25, 0.3) is 0 Å². The molecule has 1 aliphatic carbocycles. The van der Waals surface area contributed by atoms with Crippen LogP contribution in [0.15, 0.2) is 0 Å². The molecule has 0 bridgehead atoms. The zero-order chi connectivity index (χ0) is 11.5. The van der Waals surface area contributed by atoms with Crippen LogP contribution in [0.1, 0.15) is 45.4 Å². The SMILES string of the molecule is CCC1CCCCC1(O)CCS(C)(=O)=O. The standard InChI is InChI=1S/C11H22O3S/c1-3-10-6-4-5-7-11(10,12)8-9-15(2,13)14/h10,12H,3-9H2,1-2H3. The first-order valence-electron chi connectivity index (χ1n) is 5.77. The second kappa shape index (κ2) is 4.83. The summed E-state index contributed by atoms with van der Waals surface area (Å²) in [5.74, 6) is 0.396. The minimum Gasteiger partial charge on any atom is -0.390 e. The van der Waals surface area contributed by atoms with Gasteiger partial charge in [-0.25, -0.2) is 8.42 Å². The molecule has 1 aliphatic rings. The summed E-state index contributed by atoms with van der Waals surface area (Å²) in [6.07, 6.45) is 6.58. The Balaban J connectivity index is 2.62. The number of hydrogen-bond donors (Lipinski definition) is 1. The molecule has 1 rings (SSSR count). The van der Waals surface area contributed by atoms with Crippen molar-refractivity contribution in [2.24, 2.45) is 5.92 Å². The molecule has 0 aromatic heterocycles. The Morgan fingerprint density at radius 1 is 1.40 bits per heavy atom. The van der Waals surface area contributed by atoms with Gasteiger partial charge >= 0.3 is 0 Å². The van der Waals surface area contributed by atoms with Crippen LogP contribution in [0.3, 0.4) is 0 Å². The van der Waals surface area contributed by atoms with Crippen molar-refractivity contribution < 1.29 is 13.5 Å². The maximum Gasteiger partial charge on any atom is 0.147 e. The van der Waals surface area contributed by atoms with Gasteiger partial charge in [0.05, 0.1) is 11.4 Å². The third-order valence-electron chi connectivity index (χ3n) is 3.57. The molecule has 4 heteroatoms. The fourth-order valence-corrected chi connectivity index (χ4v) is 3.29. The van der Waals surface area contributed by atoms with Gasteiger partial charge in [-0.1, -0.05) is 26.2 Å².